The molecule has 2 aromatic carbocycles. The Labute approximate surface area is 145 Å². The highest BCUT2D eigenvalue weighted by molar-refractivity contribution is 6.06. The zero-order valence-corrected chi connectivity index (χ0v) is 13.6. The fraction of sp³-hybridized carbons (Fsp3) is 0.238. The van der Waals surface area contributed by atoms with Gasteiger partial charge in [0, 0.05) is 11.8 Å². The van der Waals surface area contributed by atoms with Gasteiger partial charge in [-0.2, -0.15) is 5.06 Å². The van der Waals surface area contributed by atoms with Crippen molar-refractivity contribution in [1.82, 2.24) is 5.06 Å². The Morgan fingerprint density at radius 2 is 1.24 bits per heavy atom. The summed E-state index contributed by atoms with van der Waals surface area (Å²) in [5, 5.41) is 0.981. The van der Waals surface area contributed by atoms with Crippen LogP contribution in [0.15, 0.2) is 61.2 Å². The minimum Gasteiger partial charge on any atom is -0.272 e. The Balaban J connectivity index is 1.72. The van der Waals surface area contributed by atoms with Crippen LogP contribution in [0.1, 0.15) is 34.1 Å². The van der Waals surface area contributed by atoms with Gasteiger partial charge in [0.1, 0.15) is 0 Å². The van der Waals surface area contributed by atoms with E-state index in [4.69, 9.17) is 4.84 Å². The Bertz CT molecular complexity index is 803. The van der Waals surface area contributed by atoms with Gasteiger partial charge >= 0.3 is 0 Å². The van der Waals surface area contributed by atoms with Gasteiger partial charge in [-0.1, -0.05) is 54.6 Å². The number of nitrogens with zero attached hydrogens (tertiary/aromatic N) is 1. The molecule has 0 aromatic heterocycles. The summed E-state index contributed by atoms with van der Waals surface area (Å²) < 4.78 is 0. The van der Waals surface area contributed by atoms with E-state index >= 15 is 0 Å². The summed E-state index contributed by atoms with van der Waals surface area (Å²) in [7, 11) is 0. The average Bonchev–Trinajstić information content (AvgIpc) is 2.91. The molecule has 1 fully saturated rings. The molecule has 2 bridgehead atoms. The first kappa shape index (κ1) is 14.6. The lowest BCUT2D eigenvalue weighted by Crippen LogP contribution is -2.41. The highest BCUT2D eigenvalue weighted by atomic mass is 16.7. The first-order chi connectivity index (χ1) is 12.2. The number of carbonyl (C=O) groups is 2. The largest absolute Gasteiger partial charge is 0.272 e. The van der Waals surface area contributed by atoms with E-state index in [0.29, 0.717) is 0 Å². The standard InChI is InChI=1S/C21H17NO3/c1-2-11-25-22-20(23)18-16-12-7-3-4-8-13(12)17(19(18)21(22)24)15-10-6-5-9-14(15)16/h2-10,16-19H,1,11H2. The molecule has 2 amide bonds. The molecule has 4 aliphatic rings. The third kappa shape index (κ3) is 1.75. The molecule has 0 saturated carbocycles. The van der Waals surface area contributed by atoms with E-state index in [0.717, 1.165) is 5.06 Å². The van der Waals surface area contributed by atoms with Gasteiger partial charge in [-0.3, -0.25) is 14.4 Å². The highest BCUT2D eigenvalue weighted by Crippen LogP contribution is 2.60. The predicted octanol–water partition coefficient (Wildman–Crippen LogP) is 3.00. The van der Waals surface area contributed by atoms with Gasteiger partial charge in [-0.15, -0.1) is 6.58 Å². The molecule has 1 aliphatic heterocycles. The van der Waals surface area contributed by atoms with Crippen LogP contribution in [-0.4, -0.2) is 23.5 Å². The number of imide groups is 1. The van der Waals surface area contributed by atoms with E-state index in [9.17, 15) is 9.59 Å². The van der Waals surface area contributed by atoms with Crippen LogP contribution in [0.2, 0.25) is 0 Å². The first-order valence-corrected chi connectivity index (χ1v) is 8.53. The molecular formula is C21H17NO3. The predicted molar refractivity (Wildman–Crippen MR) is 91.6 cm³/mol. The SMILES string of the molecule is C=CCON1C(=O)C2C3c4ccccc4C(c4ccccc43)C2C1=O. The highest BCUT2D eigenvalue weighted by Gasteiger charge is 2.62. The maximum absolute atomic E-state index is 13.0. The molecule has 2 unspecified atom stereocenters. The number of hydroxylamine groups is 2. The van der Waals surface area contributed by atoms with E-state index in [1.165, 1.54) is 22.3 Å². The van der Waals surface area contributed by atoms with E-state index in [1.54, 1.807) is 6.08 Å². The normalized spacial score (nSPS) is 28.6. The van der Waals surface area contributed by atoms with Crippen molar-refractivity contribution in [3.05, 3.63) is 83.4 Å². The quantitative estimate of drug-likeness (QED) is 0.642. The van der Waals surface area contributed by atoms with Crippen molar-refractivity contribution < 1.29 is 14.4 Å². The van der Waals surface area contributed by atoms with Crippen LogP contribution in [0.4, 0.5) is 0 Å². The minimum absolute atomic E-state index is 0.0869. The molecule has 1 heterocycles. The van der Waals surface area contributed by atoms with Crippen LogP contribution in [0.5, 0.6) is 0 Å². The van der Waals surface area contributed by atoms with Crippen LogP contribution < -0.4 is 0 Å². The average molecular weight is 331 g/mol. The second-order valence-corrected chi connectivity index (χ2v) is 6.82. The van der Waals surface area contributed by atoms with E-state index in [2.05, 4.69) is 30.8 Å². The van der Waals surface area contributed by atoms with Gasteiger partial charge < -0.3 is 0 Å². The summed E-state index contributed by atoms with van der Waals surface area (Å²) in [4.78, 5) is 31.4. The molecule has 3 aliphatic carbocycles. The van der Waals surface area contributed by atoms with Crippen molar-refractivity contribution >= 4 is 11.8 Å². The maximum Gasteiger partial charge on any atom is 0.258 e. The Kier molecular flexibility index (Phi) is 3.00. The zero-order valence-electron chi connectivity index (χ0n) is 13.6. The first-order valence-electron chi connectivity index (χ1n) is 8.53. The summed E-state index contributed by atoms with van der Waals surface area (Å²) in [5.41, 5.74) is 4.66. The van der Waals surface area contributed by atoms with E-state index in [1.807, 2.05) is 24.3 Å². The fourth-order valence-corrected chi connectivity index (χ4v) is 4.90. The summed E-state index contributed by atoms with van der Waals surface area (Å²) in [6.07, 6.45) is 1.54. The van der Waals surface area contributed by atoms with Crippen LogP contribution in [0.3, 0.4) is 0 Å². The molecule has 0 N–H and O–H groups in total. The molecule has 1 saturated heterocycles. The second-order valence-electron chi connectivity index (χ2n) is 6.82. The van der Waals surface area contributed by atoms with Crippen LogP contribution >= 0.6 is 0 Å². The number of rotatable bonds is 3. The summed E-state index contributed by atoms with van der Waals surface area (Å²) in [6.45, 7) is 3.74. The minimum atomic E-state index is -0.382. The van der Waals surface area contributed by atoms with Crippen molar-refractivity contribution in [1.29, 1.82) is 0 Å². The van der Waals surface area contributed by atoms with Crippen molar-refractivity contribution in [3.63, 3.8) is 0 Å². The maximum atomic E-state index is 13.0. The molecule has 4 heteroatoms. The Morgan fingerprint density at radius 3 is 1.60 bits per heavy atom. The molecule has 4 nitrogen and oxygen atoms in total. The van der Waals surface area contributed by atoms with Crippen molar-refractivity contribution in [2.24, 2.45) is 11.8 Å². The van der Waals surface area contributed by atoms with Gasteiger partial charge in [0.2, 0.25) is 0 Å². The van der Waals surface area contributed by atoms with Crippen molar-refractivity contribution in [2.45, 2.75) is 11.8 Å². The van der Waals surface area contributed by atoms with Gasteiger partial charge in [0.05, 0.1) is 18.4 Å². The molecule has 2 aromatic rings. The molecule has 0 spiro atoms. The molecular weight excluding hydrogens is 314 g/mol. The van der Waals surface area contributed by atoms with Crippen molar-refractivity contribution in [3.8, 4) is 0 Å². The number of hydrogen-bond acceptors (Lipinski definition) is 3. The lowest BCUT2D eigenvalue weighted by molar-refractivity contribution is -0.186. The monoisotopic (exact) mass is 331 g/mol. The van der Waals surface area contributed by atoms with Gasteiger partial charge in [0.15, 0.2) is 0 Å². The van der Waals surface area contributed by atoms with Crippen LogP contribution in [0, 0.1) is 11.8 Å². The topological polar surface area (TPSA) is 46.6 Å². The lowest BCUT2D eigenvalue weighted by Gasteiger charge is -2.45. The number of amides is 2. The summed E-state index contributed by atoms with van der Waals surface area (Å²) in [6, 6.07) is 16.4. The third-order valence-corrected chi connectivity index (χ3v) is 5.73. The number of hydrogen-bond donors (Lipinski definition) is 0. The van der Waals surface area contributed by atoms with Gasteiger partial charge in [-0.25, -0.2) is 0 Å². The second kappa shape index (κ2) is 5.14. The lowest BCUT2D eigenvalue weighted by atomic mass is 9.55. The molecule has 2 atom stereocenters. The van der Waals surface area contributed by atoms with Crippen LogP contribution in [-0.2, 0) is 14.4 Å². The van der Waals surface area contributed by atoms with Gasteiger partial charge in [-0.05, 0) is 22.3 Å². The molecule has 0 radical (unpaired) electrons. The van der Waals surface area contributed by atoms with E-state index < -0.39 is 0 Å². The third-order valence-electron chi connectivity index (χ3n) is 5.73. The molecule has 25 heavy (non-hydrogen) atoms. The Hall–Kier alpha value is -2.72. The summed E-state index contributed by atoms with van der Waals surface area (Å²) in [5.74, 6) is -1.39. The van der Waals surface area contributed by atoms with Gasteiger partial charge in [0.25, 0.3) is 11.8 Å². The smallest absolute Gasteiger partial charge is 0.258 e. The Morgan fingerprint density at radius 1 is 0.840 bits per heavy atom. The molecule has 124 valence electrons. The zero-order chi connectivity index (χ0) is 17.1. The molecule has 6 rings (SSSR count). The summed E-state index contributed by atoms with van der Waals surface area (Å²) >= 11 is 0. The number of benzene rings is 2. The van der Waals surface area contributed by atoms with E-state index in [-0.39, 0.29) is 42.1 Å². The van der Waals surface area contributed by atoms with Crippen molar-refractivity contribution in [2.75, 3.05) is 6.61 Å². The number of carbonyl (C=O) groups excluding carboxylic acids is 2. The fourth-order valence-electron chi connectivity index (χ4n) is 4.90. The van der Waals surface area contributed by atoms with Crippen LogP contribution in [0.25, 0.3) is 0 Å².